The number of allylic oxidation sites excluding steroid dienone is 1. The van der Waals surface area contributed by atoms with Gasteiger partial charge in [-0.15, -0.1) is 6.58 Å². The van der Waals surface area contributed by atoms with E-state index in [-0.39, 0.29) is 0 Å². The standard InChI is InChI=1S/C30H60/c1-4-7-10-13-16-19-22-25-28-30(27-24-21-18-15-12-9-6-3)29-26-23-20-17-14-11-8-5-2/h4,30H,1,5-29H2,2-3H3. The lowest BCUT2D eigenvalue weighted by Gasteiger charge is -2.17. The highest BCUT2D eigenvalue weighted by Gasteiger charge is 2.08. The Morgan fingerprint density at radius 2 is 0.733 bits per heavy atom. The van der Waals surface area contributed by atoms with E-state index in [2.05, 4.69) is 26.5 Å². The maximum absolute atomic E-state index is 3.83. The van der Waals surface area contributed by atoms with Crippen LogP contribution in [0.4, 0.5) is 0 Å². The number of unbranched alkanes of at least 4 members (excludes halogenated alkanes) is 19. The molecule has 0 heteroatoms. The minimum atomic E-state index is 1.03. The molecule has 0 aliphatic rings. The van der Waals surface area contributed by atoms with Crippen molar-refractivity contribution in [3.05, 3.63) is 12.7 Å². The molecular weight excluding hydrogens is 360 g/mol. The summed E-state index contributed by atoms with van der Waals surface area (Å²) in [6, 6.07) is 0. The van der Waals surface area contributed by atoms with Crippen LogP contribution < -0.4 is 0 Å². The molecule has 0 saturated heterocycles. The summed E-state index contributed by atoms with van der Waals surface area (Å²) in [5, 5.41) is 0. The summed E-state index contributed by atoms with van der Waals surface area (Å²) in [6.45, 7) is 8.46. The molecule has 0 aromatic heterocycles. The molecule has 0 fully saturated rings. The molecule has 0 aromatic carbocycles. The molecule has 1 unspecified atom stereocenters. The summed E-state index contributed by atoms with van der Waals surface area (Å²) >= 11 is 0. The predicted octanol–water partition coefficient (Wildman–Crippen LogP) is 11.6. The molecule has 0 N–H and O–H groups in total. The molecule has 0 heterocycles. The molecule has 0 nitrogen and oxygen atoms in total. The van der Waals surface area contributed by atoms with E-state index in [1.165, 1.54) is 161 Å². The second-order valence-electron chi connectivity index (χ2n) is 10.0. The van der Waals surface area contributed by atoms with Gasteiger partial charge in [0.05, 0.1) is 0 Å². The first-order valence-electron chi connectivity index (χ1n) is 14.5. The van der Waals surface area contributed by atoms with Crippen molar-refractivity contribution in [3.8, 4) is 0 Å². The maximum Gasteiger partial charge on any atom is -0.0353 e. The van der Waals surface area contributed by atoms with Crippen LogP contribution in [0.3, 0.4) is 0 Å². The maximum atomic E-state index is 3.83. The molecule has 0 spiro atoms. The first kappa shape index (κ1) is 29.7. The van der Waals surface area contributed by atoms with E-state index >= 15 is 0 Å². The number of hydrogen-bond donors (Lipinski definition) is 0. The average Bonchev–Trinajstić information content (AvgIpc) is 2.76. The zero-order chi connectivity index (χ0) is 22.0. The fourth-order valence-corrected chi connectivity index (χ4v) is 4.82. The lowest BCUT2D eigenvalue weighted by Crippen LogP contribution is -2.01. The Labute approximate surface area is 193 Å². The Balaban J connectivity index is 3.82. The van der Waals surface area contributed by atoms with Crippen molar-refractivity contribution in [2.45, 2.75) is 174 Å². The van der Waals surface area contributed by atoms with Gasteiger partial charge in [-0.05, 0) is 18.8 Å². The summed E-state index contributed by atoms with van der Waals surface area (Å²) in [5.74, 6) is 1.03. The molecule has 0 aromatic rings. The van der Waals surface area contributed by atoms with E-state index in [0.717, 1.165) is 5.92 Å². The summed E-state index contributed by atoms with van der Waals surface area (Å²) in [7, 11) is 0. The molecule has 0 aliphatic heterocycles. The highest BCUT2D eigenvalue weighted by atomic mass is 14.1. The third kappa shape index (κ3) is 24.0. The molecule has 180 valence electrons. The zero-order valence-corrected chi connectivity index (χ0v) is 21.5. The van der Waals surface area contributed by atoms with Crippen LogP contribution in [-0.2, 0) is 0 Å². The Bertz CT molecular complexity index is 305. The van der Waals surface area contributed by atoms with Gasteiger partial charge in [-0.1, -0.05) is 168 Å². The fraction of sp³-hybridized carbons (Fsp3) is 0.933. The second kappa shape index (κ2) is 26.8. The topological polar surface area (TPSA) is 0 Å². The van der Waals surface area contributed by atoms with E-state index in [4.69, 9.17) is 0 Å². The largest absolute Gasteiger partial charge is 0.103 e. The van der Waals surface area contributed by atoms with Crippen molar-refractivity contribution in [1.29, 1.82) is 0 Å². The smallest absolute Gasteiger partial charge is 0.0353 e. The Kier molecular flexibility index (Phi) is 26.5. The Hall–Kier alpha value is -0.260. The van der Waals surface area contributed by atoms with Crippen molar-refractivity contribution >= 4 is 0 Å². The van der Waals surface area contributed by atoms with Crippen LogP contribution in [0, 0.1) is 5.92 Å². The third-order valence-corrected chi connectivity index (χ3v) is 6.95. The van der Waals surface area contributed by atoms with Crippen LogP contribution >= 0.6 is 0 Å². The van der Waals surface area contributed by atoms with E-state index in [1.807, 2.05) is 0 Å². The van der Waals surface area contributed by atoms with Crippen LogP contribution in [0.5, 0.6) is 0 Å². The Morgan fingerprint density at radius 1 is 0.433 bits per heavy atom. The molecule has 0 aliphatic carbocycles. The van der Waals surface area contributed by atoms with Gasteiger partial charge in [-0.2, -0.15) is 0 Å². The van der Waals surface area contributed by atoms with Gasteiger partial charge in [0.2, 0.25) is 0 Å². The van der Waals surface area contributed by atoms with Gasteiger partial charge in [-0.25, -0.2) is 0 Å². The van der Waals surface area contributed by atoms with E-state index in [9.17, 15) is 0 Å². The Morgan fingerprint density at radius 3 is 1.07 bits per heavy atom. The average molecular weight is 421 g/mol. The molecule has 1 atom stereocenters. The van der Waals surface area contributed by atoms with Crippen LogP contribution in [0.25, 0.3) is 0 Å². The van der Waals surface area contributed by atoms with Crippen molar-refractivity contribution in [3.63, 3.8) is 0 Å². The first-order valence-corrected chi connectivity index (χ1v) is 14.5. The summed E-state index contributed by atoms with van der Waals surface area (Å²) in [4.78, 5) is 0. The van der Waals surface area contributed by atoms with Gasteiger partial charge in [0.25, 0.3) is 0 Å². The van der Waals surface area contributed by atoms with Gasteiger partial charge in [0.1, 0.15) is 0 Å². The lowest BCUT2D eigenvalue weighted by atomic mass is 9.89. The van der Waals surface area contributed by atoms with Gasteiger partial charge in [0, 0.05) is 0 Å². The van der Waals surface area contributed by atoms with Crippen molar-refractivity contribution < 1.29 is 0 Å². The fourth-order valence-electron chi connectivity index (χ4n) is 4.82. The second-order valence-corrected chi connectivity index (χ2v) is 10.0. The molecule has 0 amide bonds. The number of hydrogen-bond acceptors (Lipinski definition) is 0. The van der Waals surface area contributed by atoms with Crippen LogP contribution in [0.15, 0.2) is 12.7 Å². The molecule has 0 rings (SSSR count). The third-order valence-electron chi connectivity index (χ3n) is 6.95. The summed E-state index contributed by atoms with van der Waals surface area (Å²) in [5.41, 5.74) is 0. The first-order chi connectivity index (χ1) is 14.8. The molecular formula is C30H60. The zero-order valence-electron chi connectivity index (χ0n) is 21.5. The minimum absolute atomic E-state index is 1.03. The monoisotopic (exact) mass is 420 g/mol. The number of rotatable bonds is 26. The highest BCUT2D eigenvalue weighted by molar-refractivity contribution is 4.66. The molecule has 0 saturated carbocycles. The molecule has 0 bridgehead atoms. The lowest BCUT2D eigenvalue weighted by molar-refractivity contribution is 0.365. The highest BCUT2D eigenvalue weighted by Crippen LogP contribution is 2.25. The van der Waals surface area contributed by atoms with Gasteiger partial charge in [0.15, 0.2) is 0 Å². The van der Waals surface area contributed by atoms with E-state index < -0.39 is 0 Å². The molecule has 30 heavy (non-hydrogen) atoms. The predicted molar refractivity (Wildman–Crippen MR) is 140 cm³/mol. The van der Waals surface area contributed by atoms with Crippen LogP contribution in [-0.4, -0.2) is 0 Å². The normalized spacial score (nSPS) is 12.3. The molecule has 0 radical (unpaired) electrons. The van der Waals surface area contributed by atoms with E-state index in [0.29, 0.717) is 0 Å². The van der Waals surface area contributed by atoms with Crippen LogP contribution in [0.1, 0.15) is 174 Å². The van der Waals surface area contributed by atoms with Crippen molar-refractivity contribution in [2.75, 3.05) is 0 Å². The minimum Gasteiger partial charge on any atom is -0.103 e. The SMILES string of the molecule is C=CCCCCCCCCC(CCCCCCCCC)CCCCCCCCCC. The van der Waals surface area contributed by atoms with Gasteiger partial charge < -0.3 is 0 Å². The van der Waals surface area contributed by atoms with Crippen LogP contribution in [0.2, 0.25) is 0 Å². The van der Waals surface area contributed by atoms with Gasteiger partial charge in [-0.3, -0.25) is 0 Å². The quantitative estimate of drug-likeness (QED) is 0.0963. The summed E-state index contributed by atoms with van der Waals surface area (Å²) in [6.07, 6.45) is 38.3. The van der Waals surface area contributed by atoms with Gasteiger partial charge >= 0.3 is 0 Å². The van der Waals surface area contributed by atoms with E-state index in [1.54, 1.807) is 0 Å². The van der Waals surface area contributed by atoms with Crippen molar-refractivity contribution in [2.24, 2.45) is 5.92 Å². The van der Waals surface area contributed by atoms with Crippen molar-refractivity contribution in [1.82, 2.24) is 0 Å². The summed E-state index contributed by atoms with van der Waals surface area (Å²) < 4.78 is 0.